The van der Waals surface area contributed by atoms with E-state index in [-0.39, 0.29) is 5.78 Å². The molecule has 2 aromatic heterocycles. The smallest absolute Gasteiger partial charge is 0.185 e. The van der Waals surface area contributed by atoms with Crippen LogP contribution >= 0.6 is 11.3 Å². The normalized spacial score (nSPS) is 15.1. The highest BCUT2D eigenvalue weighted by molar-refractivity contribution is 7.13. The lowest BCUT2D eigenvalue weighted by atomic mass is 10.1. The first-order valence-electron chi connectivity index (χ1n) is 9.72. The zero-order chi connectivity index (χ0) is 19.5. The molecule has 1 saturated heterocycles. The van der Waals surface area contributed by atoms with E-state index in [1.807, 2.05) is 23.7 Å². The second kappa shape index (κ2) is 8.29. The molecule has 0 amide bonds. The maximum Gasteiger partial charge on any atom is 0.185 e. The first-order chi connectivity index (χ1) is 13.6. The quantitative estimate of drug-likeness (QED) is 0.599. The number of anilines is 1. The fourth-order valence-corrected chi connectivity index (χ4v) is 4.55. The van der Waals surface area contributed by atoms with Crippen molar-refractivity contribution in [3.63, 3.8) is 0 Å². The molecule has 5 nitrogen and oxygen atoms in total. The maximum absolute atomic E-state index is 13.0. The molecule has 3 aromatic rings. The molecule has 0 atom stereocenters. The Bertz CT molecular complexity index is 925. The van der Waals surface area contributed by atoms with E-state index in [1.165, 1.54) is 5.56 Å². The molecule has 28 heavy (non-hydrogen) atoms. The third-order valence-electron chi connectivity index (χ3n) is 5.49. The SMILES string of the molecule is Cc1cc(C(=O)CN2CCN(c3nccs3)CC2)c(C)n1Cc1ccccc1. The summed E-state index contributed by atoms with van der Waals surface area (Å²) in [4.78, 5) is 21.9. The van der Waals surface area contributed by atoms with Crippen LogP contribution in [0, 0.1) is 13.8 Å². The Morgan fingerprint density at radius 1 is 1.11 bits per heavy atom. The van der Waals surface area contributed by atoms with Crippen LogP contribution in [0.4, 0.5) is 5.13 Å². The van der Waals surface area contributed by atoms with E-state index in [2.05, 4.69) is 57.5 Å². The summed E-state index contributed by atoms with van der Waals surface area (Å²) >= 11 is 1.67. The lowest BCUT2D eigenvalue weighted by Gasteiger charge is -2.34. The number of aromatic nitrogens is 2. The average Bonchev–Trinajstić information content (AvgIpc) is 3.34. The number of rotatable bonds is 6. The van der Waals surface area contributed by atoms with Crippen LogP contribution in [0.2, 0.25) is 0 Å². The van der Waals surface area contributed by atoms with Gasteiger partial charge in [-0.25, -0.2) is 4.98 Å². The Balaban J connectivity index is 1.39. The van der Waals surface area contributed by atoms with Crippen molar-refractivity contribution in [2.45, 2.75) is 20.4 Å². The van der Waals surface area contributed by atoms with Crippen molar-refractivity contribution >= 4 is 22.3 Å². The van der Waals surface area contributed by atoms with E-state index >= 15 is 0 Å². The maximum atomic E-state index is 13.0. The molecular weight excluding hydrogens is 368 g/mol. The fraction of sp³-hybridized carbons (Fsp3) is 0.364. The van der Waals surface area contributed by atoms with Gasteiger partial charge < -0.3 is 9.47 Å². The molecule has 0 spiro atoms. The van der Waals surface area contributed by atoms with Gasteiger partial charge in [0.2, 0.25) is 0 Å². The van der Waals surface area contributed by atoms with E-state index in [0.717, 1.165) is 54.8 Å². The zero-order valence-corrected chi connectivity index (χ0v) is 17.3. The number of nitrogens with zero attached hydrogens (tertiary/aromatic N) is 4. The van der Waals surface area contributed by atoms with Gasteiger partial charge >= 0.3 is 0 Å². The van der Waals surface area contributed by atoms with Crippen molar-refractivity contribution in [3.8, 4) is 0 Å². The molecule has 146 valence electrons. The number of benzene rings is 1. The van der Waals surface area contributed by atoms with Crippen LogP contribution in [-0.2, 0) is 6.54 Å². The number of carbonyl (C=O) groups is 1. The molecule has 0 bridgehead atoms. The Morgan fingerprint density at radius 3 is 2.54 bits per heavy atom. The van der Waals surface area contributed by atoms with Gasteiger partial charge in [0.05, 0.1) is 6.54 Å². The molecule has 3 heterocycles. The number of ketones is 1. The number of Topliss-reactive ketones (excluding diaryl/α,β-unsaturated/α-hetero) is 1. The topological polar surface area (TPSA) is 41.4 Å². The van der Waals surface area contributed by atoms with Crippen LogP contribution in [-0.4, -0.2) is 53.0 Å². The number of hydrogen-bond donors (Lipinski definition) is 0. The minimum Gasteiger partial charge on any atom is -0.346 e. The van der Waals surface area contributed by atoms with Crippen molar-refractivity contribution in [2.75, 3.05) is 37.6 Å². The Morgan fingerprint density at radius 2 is 1.86 bits per heavy atom. The second-order valence-corrected chi connectivity index (χ2v) is 8.23. The van der Waals surface area contributed by atoms with E-state index in [0.29, 0.717) is 6.54 Å². The van der Waals surface area contributed by atoms with E-state index < -0.39 is 0 Å². The third-order valence-corrected chi connectivity index (χ3v) is 6.32. The molecular formula is C22H26N4OS. The molecule has 1 aliphatic heterocycles. The summed E-state index contributed by atoms with van der Waals surface area (Å²) in [5.74, 6) is 0.218. The highest BCUT2D eigenvalue weighted by atomic mass is 32.1. The summed E-state index contributed by atoms with van der Waals surface area (Å²) in [5.41, 5.74) is 4.31. The summed E-state index contributed by atoms with van der Waals surface area (Å²) in [7, 11) is 0. The molecule has 0 aliphatic carbocycles. The van der Waals surface area contributed by atoms with Crippen LogP contribution in [0.15, 0.2) is 48.0 Å². The van der Waals surface area contributed by atoms with Crippen LogP contribution in [0.25, 0.3) is 0 Å². The Hall–Kier alpha value is -2.44. The summed E-state index contributed by atoms with van der Waals surface area (Å²) in [6, 6.07) is 12.4. The highest BCUT2D eigenvalue weighted by Crippen LogP contribution is 2.21. The van der Waals surface area contributed by atoms with Crippen LogP contribution in [0.5, 0.6) is 0 Å². The molecule has 0 N–H and O–H groups in total. The van der Waals surface area contributed by atoms with Crippen molar-refractivity contribution in [1.82, 2.24) is 14.5 Å². The standard InChI is InChI=1S/C22H26N4OS/c1-17-14-20(18(2)26(17)15-19-6-4-3-5-7-19)21(27)16-24-9-11-25(12-10-24)22-23-8-13-28-22/h3-8,13-14H,9-12,15-16H2,1-2H3. The lowest BCUT2D eigenvalue weighted by molar-refractivity contribution is 0.0925. The minimum atomic E-state index is 0.218. The van der Waals surface area contributed by atoms with Gasteiger partial charge in [0.25, 0.3) is 0 Å². The van der Waals surface area contributed by atoms with Gasteiger partial charge in [-0.3, -0.25) is 9.69 Å². The number of aryl methyl sites for hydroxylation is 1. The van der Waals surface area contributed by atoms with Gasteiger partial charge in [-0.1, -0.05) is 30.3 Å². The van der Waals surface area contributed by atoms with E-state index in [1.54, 1.807) is 11.3 Å². The predicted octanol–water partition coefficient (Wildman–Crippen LogP) is 3.61. The predicted molar refractivity (Wildman–Crippen MR) is 115 cm³/mol. The average molecular weight is 395 g/mol. The fourth-order valence-electron chi connectivity index (χ4n) is 3.85. The third kappa shape index (κ3) is 4.03. The first kappa shape index (κ1) is 18.9. The summed E-state index contributed by atoms with van der Waals surface area (Å²) in [6.45, 7) is 9.08. The lowest BCUT2D eigenvalue weighted by Crippen LogP contribution is -2.48. The zero-order valence-electron chi connectivity index (χ0n) is 16.5. The molecule has 1 aliphatic rings. The van der Waals surface area contributed by atoms with Gasteiger partial charge in [-0.05, 0) is 25.5 Å². The van der Waals surface area contributed by atoms with Crippen molar-refractivity contribution in [1.29, 1.82) is 0 Å². The van der Waals surface area contributed by atoms with Crippen molar-refractivity contribution in [3.05, 3.63) is 70.5 Å². The molecule has 1 fully saturated rings. The number of thiazole rings is 1. The van der Waals surface area contributed by atoms with Crippen LogP contribution in [0.1, 0.15) is 27.3 Å². The molecule has 0 unspecified atom stereocenters. The van der Waals surface area contributed by atoms with E-state index in [9.17, 15) is 4.79 Å². The number of carbonyl (C=O) groups excluding carboxylic acids is 1. The van der Waals surface area contributed by atoms with Gasteiger partial charge in [0.1, 0.15) is 0 Å². The highest BCUT2D eigenvalue weighted by Gasteiger charge is 2.23. The monoisotopic (exact) mass is 394 g/mol. The number of hydrogen-bond acceptors (Lipinski definition) is 5. The van der Waals surface area contributed by atoms with Gasteiger partial charge in [0, 0.05) is 61.3 Å². The molecule has 0 radical (unpaired) electrons. The molecule has 6 heteroatoms. The molecule has 0 saturated carbocycles. The van der Waals surface area contributed by atoms with E-state index in [4.69, 9.17) is 0 Å². The summed E-state index contributed by atoms with van der Waals surface area (Å²) < 4.78 is 2.24. The largest absolute Gasteiger partial charge is 0.346 e. The van der Waals surface area contributed by atoms with Gasteiger partial charge in [0.15, 0.2) is 10.9 Å². The summed E-state index contributed by atoms with van der Waals surface area (Å²) in [6.07, 6.45) is 1.85. The first-order valence-corrected chi connectivity index (χ1v) is 10.6. The second-order valence-electron chi connectivity index (χ2n) is 7.36. The molecule has 1 aromatic carbocycles. The molecule has 4 rings (SSSR count). The minimum absolute atomic E-state index is 0.218. The van der Waals surface area contributed by atoms with Crippen LogP contribution in [0.3, 0.4) is 0 Å². The van der Waals surface area contributed by atoms with Crippen molar-refractivity contribution < 1.29 is 4.79 Å². The summed E-state index contributed by atoms with van der Waals surface area (Å²) in [5, 5.41) is 3.09. The Kier molecular flexibility index (Phi) is 5.59. The van der Waals surface area contributed by atoms with Gasteiger partial charge in [-0.2, -0.15) is 0 Å². The Labute approximate surface area is 170 Å². The number of piperazine rings is 1. The van der Waals surface area contributed by atoms with Crippen LogP contribution < -0.4 is 4.90 Å². The van der Waals surface area contributed by atoms with Crippen molar-refractivity contribution in [2.24, 2.45) is 0 Å². The van der Waals surface area contributed by atoms with Gasteiger partial charge in [-0.15, -0.1) is 11.3 Å².